The number of likely N-dealkylation sites (tertiary alicyclic amines) is 1. The van der Waals surface area contributed by atoms with Gasteiger partial charge in [0.05, 0.1) is 0 Å². The topological polar surface area (TPSA) is 40.5 Å². The second-order valence-corrected chi connectivity index (χ2v) is 3.43. The van der Waals surface area contributed by atoms with Crippen molar-refractivity contribution in [2.24, 2.45) is 5.92 Å². The van der Waals surface area contributed by atoms with Crippen LogP contribution < -0.4 is 0 Å². The number of carboxylic acids is 1. The molecule has 0 aromatic rings. The van der Waals surface area contributed by atoms with Gasteiger partial charge >= 0.3 is 5.97 Å². The lowest BCUT2D eigenvalue weighted by Crippen LogP contribution is -2.38. The molecule has 0 aliphatic carbocycles. The summed E-state index contributed by atoms with van der Waals surface area (Å²) in [7, 11) is 1.86. The maximum Gasteiger partial charge on any atom is 0.327 e. The molecular formula is C9H14FNO2. The Bertz CT molecular complexity index is 218. The van der Waals surface area contributed by atoms with Gasteiger partial charge in [-0.25, -0.2) is 9.18 Å². The predicted octanol–water partition coefficient (Wildman–Crippen LogP) is 0.917. The zero-order valence-electron chi connectivity index (χ0n) is 7.61. The first-order valence-corrected chi connectivity index (χ1v) is 4.33. The van der Waals surface area contributed by atoms with Crippen molar-refractivity contribution in [3.05, 3.63) is 12.2 Å². The number of carbonyl (C=O) groups is 1. The number of carboxylic acid groups (broad SMARTS) is 1. The summed E-state index contributed by atoms with van der Waals surface area (Å²) in [6.07, 6.45) is 2.25. The first kappa shape index (κ1) is 10.2. The summed E-state index contributed by atoms with van der Waals surface area (Å²) in [6.45, 7) is 1.23. The molecule has 1 N–H and O–H groups in total. The van der Waals surface area contributed by atoms with E-state index < -0.39 is 12.1 Å². The van der Waals surface area contributed by atoms with Crippen LogP contribution >= 0.6 is 0 Å². The van der Waals surface area contributed by atoms with Gasteiger partial charge in [0, 0.05) is 18.5 Å². The molecule has 0 aromatic carbocycles. The lowest BCUT2D eigenvalue weighted by molar-refractivity contribution is -0.131. The third-order valence-corrected chi connectivity index (χ3v) is 2.28. The van der Waals surface area contributed by atoms with Crippen LogP contribution in [0.15, 0.2) is 12.2 Å². The first-order valence-electron chi connectivity index (χ1n) is 4.33. The van der Waals surface area contributed by atoms with Crippen LogP contribution in [0.5, 0.6) is 0 Å². The van der Waals surface area contributed by atoms with Crippen LogP contribution in [0.1, 0.15) is 6.42 Å². The van der Waals surface area contributed by atoms with Crippen molar-refractivity contribution in [2.45, 2.75) is 12.6 Å². The minimum Gasteiger partial charge on any atom is -0.478 e. The molecule has 1 saturated heterocycles. The van der Waals surface area contributed by atoms with Gasteiger partial charge in [-0.15, -0.1) is 0 Å². The Kier molecular flexibility index (Phi) is 3.42. The molecule has 13 heavy (non-hydrogen) atoms. The van der Waals surface area contributed by atoms with E-state index in [4.69, 9.17) is 5.11 Å². The van der Waals surface area contributed by atoms with Gasteiger partial charge in [0.1, 0.15) is 6.17 Å². The summed E-state index contributed by atoms with van der Waals surface area (Å²) in [5.41, 5.74) is 0. The zero-order valence-corrected chi connectivity index (χ0v) is 7.61. The third kappa shape index (κ3) is 3.14. The van der Waals surface area contributed by atoms with Gasteiger partial charge < -0.3 is 10.0 Å². The molecule has 0 aromatic heterocycles. The Labute approximate surface area is 76.8 Å². The molecular weight excluding hydrogens is 173 g/mol. The number of hydrogen-bond donors (Lipinski definition) is 1. The maximum atomic E-state index is 13.3. The molecule has 1 aliphatic rings. The van der Waals surface area contributed by atoms with Gasteiger partial charge in [-0.2, -0.15) is 0 Å². The Balaban J connectivity index is 2.46. The van der Waals surface area contributed by atoms with E-state index in [9.17, 15) is 9.18 Å². The van der Waals surface area contributed by atoms with Crippen LogP contribution in [-0.4, -0.2) is 42.3 Å². The van der Waals surface area contributed by atoms with Gasteiger partial charge in [0.2, 0.25) is 0 Å². The molecule has 0 radical (unpaired) electrons. The van der Waals surface area contributed by atoms with Gasteiger partial charge in [-0.3, -0.25) is 0 Å². The minimum atomic E-state index is -1.01. The van der Waals surface area contributed by atoms with Crippen molar-refractivity contribution in [3.8, 4) is 0 Å². The molecule has 1 fully saturated rings. The number of piperidine rings is 1. The van der Waals surface area contributed by atoms with Gasteiger partial charge in [0.15, 0.2) is 0 Å². The SMILES string of the molecule is CN1CCC(/C=C/C(=O)O)C(F)C1. The average molecular weight is 187 g/mol. The molecule has 1 rings (SSSR count). The fraction of sp³-hybridized carbons (Fsp3) is 0.667. The van der Waals surface area contributed by atoms with E-state index in [1.807, 2.05) is 11.9 Å². The monoisotopic (exact) mass is 187 g/mol. The second-order valence-electron chi connectivity index (χ2n) is 3.43. The minimum absolute atomic E-state index is 0.229. The van der Waals surface area contributed by atoms with Gasteiger partial charge in [0.25, 0.3) is 0 Å². The highest BCUT2D eigenvalue weighted by atomic mass is 19.1. The van der Waals surface area contributed by atoms with E-state index >= 15 is 0 Å². The zero-order chi connectivity index (χ0) is 9.84. The highest BCUT2D eigenvalue weighted by Gasteiger charge is 2.25. The number of aliphatic carboxylic acids is 1. The summed E-state index contributed by atoms with van der Waals surface area (Å²) in [5.74, 6) is -1.24. The molecule has 3 nitrogen and oxygen atoms in total. The van der Waals surface area contributed by atoms with E-state index in [1.54, 1.807) is 0 Å². The van der Waals surface area contributed by atoms with E-state index in [1.165, 1.54) is 6.08 Å². The number of halogens is 1. The number of nitrogens with zero attached hydrogens (tertiary/aromatic N) is 1. The summed E-state index contributed by atoms with van der Waals surface area (Å²) < 4.78 is 13.3. The van der Waals surface area contributed by atoms with Crippen LogP contribution in [-0.2, 0) is 4.79 Å². The van der Waals surface area contributed by atoms with E-state index in [-0.39, 0.29) is 5.92 Å². The standard InChI is InChI=1S/C9H14FNO2/c1-11-5-4-7(8(10)6-11)2-3-9(12)13/h2-3,7-8H,4-6H2,1H3,(H,12,13)/b3-2+. The summed E-state index contributed by atoms with van der Waals surface area (Å²) in [4.78, 5) is 12.1. The Morgan fingerprint density at radius 1 is 1.69 bits per heavy atom. The molecule has 0 bridgehead atoms. The number of hydrogen-bond acceptors (Lipinski definition) is 2. The molecule has 0 saturated carbocycles. The van der Waals surface area contributed by atoms with Crippen LogP contribution in [0.25, 0.3) is 0 Å². The highest BCUT2D eigenvalue weighted by Crippen LogP contribution is 2.20. The van der Waals surface area contributed by atoms with E-state index in [2.05, 4.69) is 0 Å². The van der Waals surface area contributed by atoms with Crippen LogP contribution in [0.2, 0.25) is 0 Å². The molecule has 0 amide bonds. The smallest absolute Gasteiger partial charge is 0.327 e. The first-order chi connectivity index (χ1) is 6.09. The fourth-order valence-corrected chi connectivity index (χ4v) is 1.50. The van der Waals surface area contributed by atoms with Crippen molar-refractivity contribution >= 4 is 5.97 Å². The van der Waals surface area contributed by atoms with Crippen LogP contribution in [0.4, 0.5) is 4.39 Å². The van der Waals surface area contributed by atoms with E-state index in [0.717, 1.165) is 12.6 Å². The Morgan fingerprint density at radius 2 is 2.38 bits per heavy atom. The predicted molar refractivity (Wildman–Crippen MR) is 47.3 cm³/mol. The molecule has 0 spiro atoms. The Morgan fingerprint density at radius 3 is 2.92 bits per heavy atom. The molecule has 1 aliphatic heterocycles. The number of alkyl halides is 1. The normalized spacial score (nSPS) is 30.9. The number of allylic oxidation sites excluding steroid dienone is 1. The lowest BCUT2D eigenvalue weighted by Gasteiger charge is -2.30. The molecule has 1 heterocycles. The van der Waals surface area contributed by atoms with Crippen LogP contribution in [0, 0.1) is 5.92 Å². The van der Waals surface area contributed by atoms with Crippen molar-refractivity contribution in [1.82, 2.24) is 4.90 Å². The third-order valence-electron chi connectivity index (χ3n) is 2.28. The fourth-order valence-electron chi connectivity index (χ4n) is 1.50. The van der Waals surface area contributed by atoms with Gasteiger partial charge in [-0.05, 0) is 20.0 Å². The molecule has 4 heteroatoms. The quantitative estimate of drug-likeness (QED) is 0.653. The van der Waals surface area contributed by atoms with Crippen molar-refractivity contribution in [1.29, 1.82) is 0 Å². The summed E-state index contributed by atoms with van der Waals surface area (Å²) in [6, 6.07) is 0. The lowest BCUT2D eigenvalue weighted by atomic mass is 9.95. The van der Waals surface area contributed by atoms with Crippen molar-refractivity contribution in [3.63, 3.8) is 0 Å². The second kappa shape index (κ2) is 4.37. The Hall–Kier alpha value is -0.900. The summed E-state index contributed by atoms with van der Waals surface area (Å²) >= 11 is 0. The molecule has 2 unspecified atom stereocenters. The van der Waals surface area contributed by atoms with E-state index in [0.29, 0.717) is 13.0 Å². The molecule has 74 valence electrons. The number of rotatable bonds is 2. The van der Waals surface area contributed by atoms with Gasteiger partial charge in [-0.1, -0.05) is 6.08 Å². The average Bonchev–Trinajstić information content (AvgIpc) is 2.02. The van der Waals surface area contributed by atoms with Crippen molar-refractivity contribution in [2.75, 3.05) is 20.1 Å². The van der Waals surface area contributed by atoms with Crippen molar-refractivity contribution < 1.29 is 14.3 Å². The van der Waals surface area contributed by atoms with Crippen LogP contribution in [0.3, 0.4) is 0 Å². The highest BCUT2D eigenvalue weighted by molar-refractivity contribution is 5.79. The maximum absolute atomic E-state index is 13.3. The molecule has 2 atom stereocenters. The summed E-state index contributed by atoms with van der Waals surface area (Å²) in [5, 5.41) is 8.36. The largest absolute Gasteiger partial charge is 0.478 e.